The number of imide groups is 1. The minimum atomic E-state index is -0.434. The Bertz CT molecular complexity index is 1240. The van der Waals surface area contributed by atoms with E-state index in [-0.39, 0.29) is 11.3 Å². The van der Waals surface area contributed by atoms with Crippen LogP contribution < -0.4 is 10.2 Å². The molecule has 0 saturated heterocycles. The second kappa shape index (κ2) is 7.84. The summed E-state index contributed by atoms with van der Waals surface area (Å²) in [4.78, 5) is 28.2. The molecule has 0 radical (unpaired) electrons. The van der Waals surface area contributed by atoms with Crippen molar-refractivity contribution < 1.29 is 14.0 Å². The van der Waals surface area contributed by atoms with Crippen LogP contribution in [0.25, 0.3) is 5.57 Å². The van der Waals surface area contributed by atoms with E-state index in [0.717, 1.165) is 22.3 Å². The van der Waals surface area contributed by atoms with Gasteiger partial charge in [-0.3, -0.25) is 9.59 Å². The van der Waals surface area contributed by atoms with E-state index in [1.807, 2.05) is 64.1 Å². The van der Waals surface area contributed by atoms with Gasteiger partial charge in [0.15, 0.2) is 0 Å². The van der Waals surface area contributed by atoms with Gasteiger partial charge in [-0.1, -0.05) is 30.3 Å². The van der Waals surface area contributed by atoms with Gasteiger partial charge < -0.3 is 5.32 Å². The lowest BCUT2D eigenvalue weighted by Gasteiger charge is -2.18. The number of halogens is 1. The van der Waals surface area contributed by atoms with Crippen LogP contribution in [0.2, 0.25) is 0 Å². The molecule has 0 aliphatic carbocycles. The van der Waals surface area contributed by atoms with Crippen molar-refractivity contribution in [3.8, 4) is 0 Å². The van der Waals surface area contributed by atoms with Gasteiger partial charge in [0.25, 0.3) is 11.8 Å². The highest BCUT2D eigenvalue weighted by Gasteiger charge is 2.40. The third-order valence-corrected chi connectivity index (χ3v) is 5.60. The third-order valence-electron chi connectivity index (χ3n) is 5.60. The van der Waals surface area contributed by atoms with Gasteiger partial charge in [-0.2, -0.15) is 0 Å². The van der Waals surface area contributed by atoms with Gasteiger partial charge >= 0.3 is 0 Å². The molecule has 0 saturated carbocycles. The van der Waals surface area contributed by atoms with Crippen LogP contribution in [0.4, 0.5) is 15.8 Å². The van der Waals surface area contributed by atoms with Gasteiger partial charge in [0.05, 0.1) is 11.3 Å². The monoisotopic (exact) mass is 414 g/mol. The molecule has 3 aromatic rings. The minimum Gasteiger partial charge on any atom is -0.350 e. The minimum absolute atomic E-state index is 0.181. The largest absolute Gasteiger partial charge is 0.350 e. The molecule has 1 aliphatic rings. The molecule has 1 aliphatic heterocycles. The fourth-order valence-electron chi connectivity index (χ4n) is 3.67. The molecular formula is C26H23FN2O2. The van der Waals surface area contributed by atoms with Crippen molar-refractivity contribution in [2.45, 2.75) is 27.7 Å². The maximum atomic E-state index is 13.5. The molecule has 0 bridgehead atoms. The predicted molar refractivity (Wildman–Crippen MR) is 121 cm³/mol. The number of aryl methyl sites for hydroxylation is 4. The van der Waals surface area contributed by atoms with E-state index in [2.05, 4.69) is 5.32 Å². The molecule has 1 N–H and O–H groups in total. The Morgan fingerprint density at radius 1 is 0.742 bits per heavy atom. The standard InChI is InChI=1S/C26H23FN2O2/c1-15-5-6-17(3)22(13-15)29-25(30)23(19-8-10-20(27)11-9-19)24(26(29)31)28-21-12-7-16(2)18(4)14-21/h5-14,28H,1-4H3. The molecule has 2 amide bonds. The number of carbonyl (C=O) groups excluding carboxylic acids is 2. The Labute approximate surface area is 181 Å². The third kappa shape index (κ3) is 3.75. The molecule has 31 heavy (non-hydrogen) atoms. The molecule has 4 nitrogen and oxygen atoms in total. The van der Waals surface area contributed by atoms with Gasteiger partial charge in [0, 0.05) is 5.69 Å². The SMILES string of the molecule is Cc1ccc(C)c(N2C(=O)C(Nc3ccc(C)c(C)c3)=C(c3ccc(F)cc3)C2=O)c1. The first-order valence-corrected chi connectivity index (χ1v) is 10.1. The van der Waals surface area contributed by atoms with E-state index in [9.17, 15) is 14.0 Å². The van der Waals surface area contributed by atoms with Crippen molar-refractivity contribution in [1.29, 1.82) is 0 Å². The van der Waals surface area contributed by atoms with Crippen LogP contribution in [-0.4, -0.2) is 11.8 Å². The van der Waals surface area contributed by atoms with E-state index in [0.29, 0.717) is 16.9 Å². The van der Waals surface area contributed by atoms with Crippen molar-refractivity contribution >= 4 is 28.8 Å². The normalized spacial score (nSPS) is 13.9. The molecule has 156 valence electrons. The lowest BCUT2D eigenvalue weighted by atomic mass is 10.0. The van der Waals surface area contributed by atoms with E-state index in [4.69, 9.17) is 0 Å². The summed E-state index contributed by atoms with van der Waals surface area (Å²) in [5.74, 6) is -1.27. The molecule has 1 heterocycles. The molecule has 0 fully saturated rings. The Balaban J connectivity index is 1.85. The molecule has 4 rings (SSSR count). The van der Waals surface area contributed by atoms with Crippen molar-refractivity contribution in [3.05, 3.63) is 100.0 Å². The van der Waals surface area contributed by atoms with Gasteiger partial charge in [0.1, 0.15) is 11.5 Å². The van der Waals surface area contributed by atoms with Crippen molar-refractivity contribution in [3.63, 3.8) is 0 Å². The second-order valence-electron chi connectivity index (χ2n) is 7.92. The Hall–Kier alpha value is -3.73. The summed E-state index contributed by atoms with van der Waals surface area (Å²) in [6.07, 6.45) is 0. The maximum Gasteiger partial charge on any atom is 0.282 e. The fraction of sp³-hybridized carbons (Fsp3) is 0.154. The van der Waals surface area contributed by atoms with Crippen LogP contribution in [0.3, 0.4) is 0 Å². The van der Waals surface area contributed by atoms with E-state index in [1.54, 1.807) is 0 Å². The van der Waals surface area contributed by atoms with Crippen LogP contribution in [0.15, 0.2) is 66.4 Å². The lowest BCUT2D eigenvalue weighted by Crippen LogP contribution is -2.33. The van der Waals surface area contributed by atoms with E-state index < -0.39 is 17.6 Å². The highest BCUT2D eigenvalue weighted by atomic mass is 19.1. The zero-order chi connectivity index (χ0) is 22.3. The summed E-state index contributed by atoms with van der Waals surface area (Å²) in [5, 5.41) is 3.16. The second-order valence-corrected chi connectivity index (χ2v) is 7.92. The number of amides is 2. The summed E-state index contributed by atoms with van der Waals surface area (Å²) in [6, 6.07) is 17.0. The summed E-state index contributed by atoms with van der Waals surface area (Å²) in [5.41, 5.74) is 6.11. The van der Waals surface area contributed by atoms with Crippen molar-refractivity contribution in [1.82, 2.24) is 0 Å². The lowest BCUT2D eigenvalue weighted by molar-refractivity contribution is -0.120. The molecule has 3 aromatic carbocycles. The molecule has 0 atom stereocenters. The average Bonchev–Trinajstić information content (AvgIpc) is 2.97. The number of hydrogen-bond acceptors (Lipinski definition) is 3. The highest BCUT2D eigenvalue weighted by Crippen LogP contribution is 2.35. The Morgan fingerprint density at radius 2 is 1.42 bits per heavy atom. The van der Waals surface area contributed by atoms with Gasteiger partial charge in [0.2, 0.25) is 0 Å². The summed E-state index contributed by atoms with van der Waals surface area (Å²) in [6.45, 7) is 7.77. The van der Waals surface area contributed by atoms with E-state index >= 15 is 0 Å². The quantitative estimate of drug-likeness (QED) is 0.577. The van der Waals surface area contributed by atoms with Crippen molar-refractivity contribution in [2.24, 2.45) is 0 Å². The fourth-order valence-corrected chi connectivity index (χ4v) is 3.67. The first-order chi connectivity index (χ1) is 14.8. The molecule has 0 aromatic heterocycles. The first-order valence-electron chi connectivity index (χ1n) is 10.1. The summed E-state index contributed by atoms with van der Waals surface area (Å²) in [7, 11) is 0. The van der Waals surface area contributed by atoms with Crippen LogP contribution in [0, 0.1) is 33.5 Å². The van der Waals surface area contributed by atoms with Crippen LogP contribution in [-0.2, 0) is 9.59 Å². The summed E-state index contributed by atoms with van der Waals surface area (Å²) >= 11 is 0. The van der Waals surface area contributed by atoms with Crippen LogP contribution >= 0.6 is 0 Å². The smallest absolute Gasteiger partial charge is 0.282 e. The molecular weight excluding hydrogens is 391 g/mol. The van der Waals surface area contributed by atoms with E-state index in [1.165, 1.54) is 29.2 Å². The predicted octanol–water partition coefficient (Wildman–Crippen LogP) is 5.46. The topological polar surface area (TPSA) is 49.4 Å². The number of anilines is 2. The Morgan fingerprint density at radius 3 is 2.10 bits per heavy atom. The number of hydrogen-bond donors (Lipinski definition) is 1. The number of rotatable bonds is 4. The van der Waals surface area contributed by atoms with Crippen LogP contribution in [0.5, 0.6) is 0 Å². The number of nitrogens with one attached hydrogen (secondary N) is 1. The summed E-state index contributed by atoms with van der Waals surface area (Å²) < 4.78 is 13.5. The maximum absolute atomic E-state index is 13.5. The van der Waals surface area contributed by atoms with Crippen LogP contribution in [0.1, 0.15) is 27.8 Å². The van der Waals surface area contributed by atoms with Crippen molar-refractivity contribution in [2.75, 3.05) is 10.2 Å². The van der Waals surface area contributed by atoms with Gasteiger partial charge in [-0.25, -0.2) is 9.29 Å². The highest BCUT2D eigenvalue weighted by molar-refractivity contribution is 6.46. The van der Waals surface area contributed by atoms with Gasteiger partial charge in [-0.05, 0) is 85.8 Å². The average molecular weight is 414 g/mol. The zero-order valence-corrected chi connectivity index (χ0v) is 17.9. The molecule has 5 heteroatoms. The molecule has 0 unspecified atom stereocenters. The number of carbonyl (C=O) groups is 2. The van der Waals surface area contributed by atoms with Gasteiger partial charge in [-0.15, -0.1) is 0 Å². The molecule has 0 spiro atoms. The number of nitrogens with zero attached hydrogens (tertiary/aromatic N) is 1. The first kappa shape index (κ1) is 20.5. The zero-order valence-electron chi connectivity index (χ0n) is 17.9. The Kier molecular flexibility index (Phi) is 5.19. The number of benzene rings is 3.